The van der Waals surface area contributed by atoms with Crippen LogP contribution in [0.4, 0.5) is 0 Å². The highest BCUT2D eigenvalue weighted by molar-refractivity contribution is 5.78. The van der Waals surface area contributed by atoms with E-state index in [1.807, 2.05) is 13.8 Å². The van der Waals surface area contributed by atoms with E-state index >= 15 is 0 Å². The monoisotopic (exact) mass is 316 g/mol. The third kappa shape index (κ3) is 4.16. The normalized spacial score (nSPS) is 10.3. The van der Waals surface area contributed by atoms with Crippen LogP contribution < -0.4 is 18.9 Å². The Bertz CT molecular complexity index is 662. The molecule has 0 unspecified atom stereocenters. The summed E-state index contributed by atoms with van der Waals surface area (Å²) in [7, 11) is 3.12. The minimum Gasteiger partial charge on any atom is -0.497 e. The molecule has 122 valence electrons. The van der Waals surface area contributed by atoms with E-state index in [9.17, 15) is 4.79 Å². The van der Waals surface area contributed by atoms with E-state index in [4.69, 9.17) is 18.9 Å². The van der Waals surface area contributed by atoms with Gasteiger partial charge < -0.3 is 18.9 Å². The third-order valence-corrected chi connectivity index (χ3v) is 3.04. The van der Waals surface area contributed by atoms with Gasteiger partial charge in [0, 0.05) is 5.56 Å². The van der Waals surface area contributed by atoms with E-state index in [1.54, 1.807) is 43.5 Å². The first-order chi connectivity index (χ1) is 11.1. The maximum absolute atomic E-state index is 11.1. The molecule has 23 heavy (non-hydrogen) atoms. The SMILES string of the molecule is COc1ccc(Oc2cc(C=O)cc(OC)c2OC(C)C)cc1. The number of carbonyl (C=O) groups excluding carboxylic acids is 1. The van der Waals surface area contributed by atoms with Crippen LogP contribution in [-0.4, -0.2) is 26.6 Å². The second-order valence-corrected chi connectivity index (χ2v) is 5.11. The van der Waals surface area contributed by atoms with Gasteiger partial charge in [-0.2, -0.15) is 0 Å². The van der Waals surface area contributed by atoms with E-state index < -0.39 is 0 Å². The Kier molecular flexibility index (Phi) is 5.46. The summed E-state index contributed by atoms with van der Waals surface area (Å²) in [5.41, 5.74) is 0.446. The number of benzene rings is 2. The van der Waals surface area contributed by atoms with E-state index in [0.717, 1.165) is 12.0 Å². The molecule has 0 N–H and O–H groups in total. The molecule has 0 saturated heterocycles. The molecule has 0 aliphatic carbocycles. The Morgan fingerprint density at radius 2 is 1.52 bits per heavy atom. The van der Waals surface area contributed by atoms with Gasteiger partial charge in [-0.05, 0) is 50.2 Å². The van der Waals surface area contributed by atoms with Gasteiger partial charge in [-0.25, -0.2) is 0 Å². The first kappa shape index (κ1) is 16.7. The number of ether oxygens (including phenoxy) is 4. The van der Waals surface area contributed by atoms with Gasteiger partial charge in [0.1, 0.15) is 17.8 Å². The molecule has 0 radical (unpaired) electrons. The van der Waals surface area contributed by atoms with Crippen molar-refractivity contribution < 1.29 is 23.7 Å². The number of carbonyl (C=O) groups is 1. The Morgan fingerprint density at radius 3 is 2.04 bits per heavy atom. The maximum atomic E-state index is 11.1. The van der Waals surface area contributed by atoms with Crippen LogP contribution in [-0.2, 0) is 0 Å². The quantitative estimate of drug-likeness (QED) is 0.720. The van der Waals surface area contributed by atoms with Crippen molar-refractivity contribution in [3.63, 3.8) is 0 Å². The van der Waals surface area contributed by atoms with Crippen LogP contribution in [0.25, 0.3) is 0 Å². The molecule has 0 aromatic heterocycles. The second-order valence-electron chi connectivity index (χ2n) is 5.11. The van der Waals surface area contributed by atoms with Gasteiger partial charge in [0.05, 0.1) is 20.3 Å². The van der Waals surface area contributed by atoms with Crippen molar-refractivity contribution in [1.82, 2.24) is 0 Å². The van der Waals surface area contributed by atoms with Crippen LogP contribution >= 0.6 is 0 Å². The van der Waals surface area contributed by atoms with E-state index in [0.29, 0.717) is 28.6 Å². The molecule has 2 aromatic carbocycles. The van der Waals surface area contributed by atoms with Gasteiger partial charge in [-0.1, -0.05) is 0 Å². The summed E-state index contributed by atoms with van der Waals surface area (Å²) in [6, 6.07) is 10.4. The van der Waals surface area contributed by atoms with Crippen LogP contribution in [0.3, 0.4) is 0 Å². The van der Waals surface area contributed by atoms with Gasteiger partial charge >= 0.3 is 0 Å². The predicted octanol–water partition coefficient (Wildman–Crippen LogP) is 4.10. The van der Waals surface area contributed by atoms with Gasteiger partial charge in [0.2, 0.25) is 5.75 Å². The first-order valence-corrected chi connectivity index (χ1v) is 7.23. The lowest BCUT2D eigenvalue weighted by Gasteiger charge is -2.18. The first-order valence-electron chi connectivity index (χ1n) is 7.23. The van der Waals surface area contributed by atoms with Crippen LogP contribution in [0, 0.1) is 0 Å². The minimum atomic E-state index is -0.0656. The van der Waals surface area contributed by atoms with Gasteiger partial charge in [0.25, 0.3) is 0 Å². The van der Waals surface area contributed by atoms with Crippen molar-refractivity contribution >= 4 is 6.29 Å². The molecule has 0 spiro atoms. The molecule has 0 amide bonds. The number of hydrogen-bond acceptors (Lipinski definition) is 5. The minimum absolute atomic E-state index is 0.0656. The van der Waals surface area contributed by atoms with Crippen molar-refractivity contribution in [2.75, 3.05) is 14.2 Å². The zero-order chi connectivity index (χ0) is 16.8. The summed E-state index contributed by atoms with van der Waals surface area (Å²) in [5, 5.41) is 0. The summed E-state index contributed by atoms with van der Waals surface area (Å²) >= 11 is 0. The molecule has 0 aliphatic heterocycles. The van der Waals surface area contributed by atoms with E-state index in [-0.39, 0.29) is 6.10 Å². The molecule has 5 nitrogen and oxygen atoms in total. The molecular weight excluding hydrogens is 296 g/mol. The highest BCUT2D eigenvalue weighted by atomic mass is 16.5. The van der Waals surface area contributed by atoms with Crippen molar-refractivity contribution in [2.45, 2.75) is 20.0 Å². The standard InChI is InChI=1S/C18H20O5/c1-12(2)22-18-16(21-4)9-13(11-19)10-17(18)23-15-7-5-14(20-3)6-8-15/h5-12H,1-4H3. The van der Waals surface area contributed by atoms with Crippen molar-refractivity contribution in [2.24, 2.45) is 0 Å². The average molecular weight is 316 g/mol. The largest absolute Gasteiger partial charge is 0.497 e. The summed E-state index contributed by atoms with van der Waals surface area (Å²) < 4.78 is 22.1. The molecule has 0 bridgehead atoms. The number of hydrogen-bond donors (Lipinski definition) is 0. The molecule has 0 saturated carbocycles. The topological polar surface area (TPSA) is 54.0 Å². The van der Waals surface area contributed by atoms with Crippen molar-refractivity contribution in [1.29, 1.82) is 0 Å². The Morgan fingerprint density at radius 1 is 0.913 bits per heavy atom. The molecule has 2 rings (SSSR count). The zero-order valence-electron chi connectivity index (χ0n) is 13.7. The Balaban J connectivity index is 2.42. The third-order valence-electron chi connectivity index (χ3n) is 3.04. The van der Waals surface area contributed by atoms with Crippen LogP contribution in [0.15, 0.2) is 36.4 Å². The van der Waals surface area contributed by atoms with Crippen molar-refractivity contribution in [3.05, 3.63) is 42.0 Å². The lowest BCUT2D eigenvalue weighted by molar-refractivity contribution is 0.112. The smallest absolute Gasteiger partial charge is 0.204 e. The van der Waals surface area contributed by atoms with Crippen LogP contribution in [0.2, 0.25) is 0 Å². The molecule has 5 heteroatoms. The lowest BCUT2D eigenvalue weighted by Crippen LogP contribution is -2.08. The van der Waals surface area contributed by atoms with E-state index in [2.05, 4.69) is 0 Å². The molecular formula is C18H20O5. The highest BCUT2D eigenvalue weighted by Crippen LogP contribution is 2.41. The number of methoxy groups -OCH3 is 2. The maximum Gasteiger partial charge on any atom is 0.204 e. The second kappa shape index (κ2) is 7.54. The van der Waals surface area contributed by atoms with E-state index in [1.165, 1.54) is 7.11 Å². The number of aldehydes is 1. The molecule has 0 fully saturated rings. The molecule has 0 heterocycles. The summed E-state index contributed by atoms with van der Waals surface area (Å²) in [6.07, 6.45) is 0.673. The summed E-state index contributed by atoms with van der Waals surface area (Å²) in [5.74, 6) is 2.67. The fourth-order valence-electron chi connectivity index (χ4n) is 2.02. The van der Waals surface area contributed by atoms with Crippen LogP contribution in [0.5, 0.6) is 28.7 Å². The Hall–Kier alpha value is -2.69. The van der Waals surface area contributed by atoms with Gasteiger partial charge in [-0.15, -0.1) is 0 Å². The highest BCUT2D eigenvalue weighted by Gasteiger charge is 2.17. The van der Waals surface area contributed by atoms with Crippen LogP contribution in [0.1, 0.15) is 24.2 Å². The van der Waals surface area contributed by atoms with Crippen molar-refractivity contribution in [3.8, 4) is 28.7 Å². The lowest BCUT2D eigenvalue weighted by atomic mass is 10.2. The fourth-order valence-corrected chi connectivity index (χ4v) is 2.02. The fraction of sp³-hybridized carbons (Fsp3) is 0.278. The Labute approximate surface area is 135 Å². The van der Waals surface area contributed by atoms with Gasteiger partial charge in [-0.3, -0.25) is 4.79 Å². The molecule has 0 aliphatic rings. The molecule has 2 aromatic rings. The summed E-state index contributed by atoms with van der Waals surface area (Å²) in [6.45, 7) is 3.81. The number of rotatable bonds is 7. The average Bonchev–Trinajstić information content (AvgIpc) is 2.56. The predicted molar refractivity (Wildman–Crippen MR) is 87.2 cm³/mol. The van der Waals surface area contributed by atoms with Gasteiger partial charge in [0.15, 0.2) is 11.5 Å². The molecule has 0 atom stereocenters. The summed E-state index contributed by atoms with van der Waals surface area (Å²) in [4.78, 5) is 11.1. The zero-order valence-corrected chi connectivity index (χ0v) is 13.7.